The van der Waals surface area contributed by atoms with E-state index in [1.165, 1.54) is 6.33 Å². The maximum atomic E-state index is 13.0. The third-order valence-corrected chi connectivity index (χ3v) is 6.18. The van der Waals surface area contributed by atoms with E-state index in [1.54, 1.807) is 39.2 Å². The van der Waals surface area contributed by atoms with Gasteiger partial charge in [0, 0.05) is 36.7 Å². The first-order valence-corrected chi connectivity index (χ1v) is 11.6. The van der Waals surface area contributed by atoms with Crippen LogP contribution >= 0.6 is 0 Å². The fourth-order valence-electron chi connectivity index (χ4n) is 4.67. The van der Waals surface area contributed by atoms with Crippen LogP contribution in [0.4, 0.5) is 21.1 Å². The number of aromatic nitrogens is 5. The van der Waals surface area contributed by atoms with Crippen molar-refractivity contribution in [1.82, 2.24) is 28.8 Å². The molecule has 3 N–H and O–H groups in total. The molecule has 36 heavy (non-hydrogen) atoms. The van der Waals surface area contributed by atoms with Gasteiger partial charge in [-0.15, -0.1) is 0 Å². The maximum absolute atomic E-state index is 13.0. The number of carbonyl (C=O) groups excluding carboxylic acids is 1. The minimum atomic E-state index is -1.51. The number of carboxylic acid groups (broad SMARTS) is 1. The number of anilines is 2. The van der Waals surface area contributed by atoms with Gasteiger partial charge in [-0.25, -0.2) is 24.5 Å². The Bertz CT molecular complexity index is 1480. The average molecular weight is 493 g/mol. The van der Waals surface area contributed by atoms with Gasteiger partial charge >= 0.3 is 12.2 Å². The molecule has 12 nitrogen and oxygen atoms in total. The maximum Gasteiger partial charge on any atom is 0.425 e. The topological polar surface area (TPSA) is 144 Å². The van der Waals surface area contributed by atoms with Crippen molar-refractivity contribution in [3.05, 3.63) is 37.1 Å². The lowest BCUT2D eigenvalue weighted by atomic mass is 10.1. The lowest BCUT2D eigenvalue weighted by molar-refractivity contribution is 0.0581. The Morgan fingerprint density at radius 1 is 1.19 bits per heavy atom. The molecule has 5 rings (SSSR count). The third kappa shape index (κ3) is 3.98. The molecule has 1 aliphatic heterocycles. The Hall–Kier alpha value is -4.19. The van der Waals surface area contributed by atoms with Crippen molar-refractivity contribution in [3.8, 4) is 11.3 Å². The van der Waals surface area contributed by atoms with Crippen molar-refractivity contribution >= 4 is 40.4 Å². The highest BCUT2D eigenvalue weighted by Crippen LogP contribution is 2.39. The molecule has 5 heterocycles. The minimum Gasteiger partial charge on any atom is -0.464 e. The fraction of sp³-hybridized carbons (Fsp3) is 0.375. The molecule has 0 radical (unpaired) electrons. The molecule has 1 saturated heterocycles. The molecule has 12 heteroatoms. The Labute approximate surface area is 206 Å². The van der Waals surface area contributed by atoms with Gasteiger partial charge in [0.25, 0.3) is 0 Å². The van der Waals surface area contributed by atoms with E-state index in [0.29, 0.717) is 38.5 Å². The second-order valence-corrected chi connectivity index (χ2v) is 9.94. The molecule has 2 amide bonds. The summed E-state index contributed by atoms with van der Waals surface area (Å²) in [6.07, 6.45) is 4.98. The second kappa shape index (κ2) is 8.48. The zero-order valence-corrected chi connectivity index (χ0v) is 20.5. The standard InChI is InChI=1S/C24H28N8O4/c1-24(2,3)36-23(35)32(22(33)34)21-18-15(17-6-5-16(25)19-26-8-10-30(17)19)12-31(20(18)27-13-28-21)14-7-9-29(4)11-14/h5-6,8,10,12-14H,7,9,11,25H2,1-4H3,(H,33,34). The number of nitrogens with zero attached hydrogens (tertiary/aromatic N) is 7. The van der Waals surface area contributed by atoms with E-state index in [0.717, 1.165) is 19.5 Å². The fourth-order valence-corrected chi connectivity index (χ4v) is 4.67. The number of imidazole rings is 1. The minimum absolute atomic E-state index is 0.0769. The summed E-state index contributed by atoms with van der Waals surface area (Å²) in [7, 11) is 2.05. The predicted octanol–water partition coefficient (Wildman–Crippen LogP) is 3.62. The summed E-state index contributed by atoms with van der Waals surface area (Å²) in [5.74, 6) is -0.0769. The number of rotatable bonds is 3. The van der Waals surface area contributed by atoms with Gasteiger partial charge in [0.2, 0.25) is 0 Å². The molecule has 0 aromatic carbocycles. The first-order chi connectivity index (χ1) is 17.0. The summed E-state index contributed by atoms with van der Waals surface area (Å²) in [4.78, 5) is 41.3. The number of ether oxygens (including phenoxy) is 1. The molecule has 0 saturated carbocycles. The third-order valence-electron chi connectivity index (χ3n) is 6.18. The molecule has 4 aromatic rings. The Kier molecular flexibility index (Phi) is 5.55. The Morgan fingerprint density at radius 2 is 1.97 bits per heavy atom. The number of hydrogen-bond donors (Lipinski definition) is 2. The monoisotopic (exact) mass is 492 g/mol. The van der Waals surface area contributed by atoms with E-state index in [2.05, 4.69) is 26.9 Å². The summed E-state index contributed by atoms with van der Waals surface area (Å²) in [5, 5.41) is 10.5. The number of amides is 2. The van der Waals surface area contributed by atoms with Crippen molar-refractivity contribution in [3.63, 3.8) is 0 Å². The first kappa shape index (κ1) is 23.5. The van der Waals surface area contributed by atoms with Crippen LogP contribution in [0, 0.1) is 0 Å². The number of hydrogen-bond acceptors (Lipinski definition) is 8. The van der Waals surface area contributed by atoms with Gasteiger partial charge in [-0.05, 0) is 52.9 Å². The van der Waals surface area contributed by atoms with Crippen LogP contribution in [-0.4, -0.2) is 71.9 Å². The predicted molar refractivity (Wildman–Crippen MR) is 134 cm³/mol. The SMILES string of the molecule is CN1CCC(n2cc(-c3ccc(N)c4nccn34)c3c(N(C(=O)O)C(=O)OC(C)(C)C)ncnc32)C1. The number of imide groups is 1. The van der Waals surface area contributed by atoms with Crippen molar-refractivity contribution in [2.75, 3.05) is 30.8 Å². The molecule has 1 unspecified atom stereocenters. The van der Waals surface area contributed by atoms with Gasteiger partial charge in [0.05, 0.1) is 16.8 Å². The summed E-state index contributed by atoms with van der Waals surface area (Å²) < 4.78 is 9.26. The molecular weight excluding hydrogens is 464 g/mol. The Morgan fingerprint density at radius 3 is 2.64 bits per heavy atom. The van der Waals surface area contributed by atoms with E-state index in [1.807, 2.05) is 21.2 Å². The lowest BCUT2D eigenvalue weighted by Crippen LogP contribution is -2.40. The lowest BCUT2D eigenvalue weighted by Gasteiger charge is -2.24. The van der Waals surface area contributed by atoms with E-state index < -0.39 is 17.8 Å². The van der Waals surface area contributed by atoms with Crippen LogP contribution in [0.2, 0.25) is 0 Å². The molecule has 0 bridgehead atoms. The number of likely N-dealkylation sites (tertiary alicyclic amines) is 1. The van der Waals surface area contributed by atoms with Crippen LogP contribution in [0.1, 0.15) is 33.2 Å². The van der Waals surface area contributed by atoms with Crippen LogP contribution in [-0.2, 0) is 4.74 Å². The van der Waals surface area contributed by atoms with E-state index >= 15 is 0 Å². The quantitative estimate of drug-likeness (QED) is 0.438. The van der Waals surface area contributed by atoms with E-state index in [4.69, 9.17) is 10.5 Å². The van der Waals surface area contributed by atoms with Crippen molar-refractivity contribution < 1.29 is 19.4 Å². The molecule has 4 aromatic heterocycles. The summed E-state index contributed by atoms with van der Waals surface area (Å²) >= 11 is 0. The zero-order chi connectivity index (χ0) is 25.8. The normalized spacial score (nSPS) is 16.6. The number of pyridine rings is 1. The highest BCUT2D eigenvalue weighted by molar-refractivity contribution is 6.15. The van der Waals surface area contributed by atoms with Gasteiger partial charge in [0.1, 0.15) is 17.6 Å². The van der Waals surface area contributed by atoms with Crippen molar-refractivity contribution in [2.45, 2.75) is 38.8 Å². The Balaban J connectivity index is 1.79. The van der Waals surface area contributed by atoms with Crippen LogP contribution < -0.4 is 10.6 Å². The second-order valence-electron chi connectivity index (χ2n) is 9.94. The molecule has 1 atom stereocenters. The molecule has 188 valence electrons. The molecule has 1 fully saturated rings. The van der Waals surface area contributed by atoms with Crippen LogP contribution in [0.3, 0.4) is 0 Å². The van der Waals surface area contributed by atoms with Gasteiger partial charge in [-0.2, -0.15) is 4.90 Å². The summed E-state index contributed by atoms with van der Waals surface area (Å²) in [6.45, 7) is 6.74. The number of likely N-dealkylation sites (N-methyl/N-ethyl adjacent to an activating group) is 1. The number of fused-ring (bicyclic) bond motifs is 2. The number of nitrogens with two attached hydrogens (primary N) is 1. The summed E-state index contributed by atoms with van der Waals surface area (Å²) in [5.41, 5.74) is 8.17. The highest BCUT2D eigenvalue weighted by atomic mass is 16.6. The van der Waals surface area contributed by atoms with Crippen molar-refractivity contribution in [1.29, 1.82) is 0 Å². The smallest absolute Gasteiger partial charge is 0.425 e. The molecular formula is C24H28N8O4. The van der Waals surface area contributed by atoms with Gasteiger partial charge in [0.15, 0.2) is 11.5 Å². The number of carbonyl (C=O) groups is 2. The zero-order valence-electron chi connectivity index (χ0n) is 20.5. The van der Waals surface area contributed by atoms with Crippen molar-refractivity contribution in [2.24, 2.45) is 0 Å². The van der Waals surface area contributed by atoms with E-state index in [9.17, 15) is 14.7 Å². The van der Waals surface area contributed by atoms with Gasteiger partial charge in [-0.1, -0.05) is 0 Å². The van der Waals surface area contributed by atoms with E-state index in [-0.39, 0.29) is 11.9 Å². The van der Waals surface area contributed by atoms with Gasteiger partial charge < -0.3 is 25.0 Å². The van der Waals surface area contributed by atoms with Crippen LogP contribution in [0.15, 0.2) is 37.1 Å². The highest BCUT2D eigenvalue weighted by Gasteiger charge is 2.34. The average Bonchev–Trinajstić information content (AvgIpc) is 3.51. The van der Waals surface area contributed by atoms with Crippen LogP contribution in [0.25, 0.3) is 27.9 Å². The summed E-state index contributed by atoms with van der Waals surface area (Å²) in [6, 6.07) is 3.69. The first-order valence-electron chi connectivity index (χ1n) is 11.6. The van der Waals surface area contributed by atoms with Crippen LogP contribution in [0.5, 0.6) is 0 Å². The molecule has 0 spiro atoms. The van der Waals surface area contributed by atoms with Gasteiger partial charge in [-0.3, -0.25) is 4.40 Å². The molecule has 0 aliphatic carbocycles. The number of nitrogen functional groups attached to an aromatic ring is 1. The molecule has 1 aliphatic rings. The largest absolute Gasteiger partial charge is 0.464 e.